The van der Waals surface area contributed by atoms with Crippen molar-refractivity contribution in [2.75, 3.05) is 17.2 Å². The molecule has 1 aliphatic heterocycles. The summed E-state index contributed by atoms with van der Waals surface area (Å²) < 4.78 is 5.84. The summed E-state index contributed by atoms with van der Waals surface area (Å²) in [4.78, 5) is 13.6. The normalized spacial score (nSPS) is 13.2. The highest BCUT2D eigenvalue weighted by molar-refractivity contribution is 5.86. The van der Waals surface area contributed by atoms with Crippen molar-refractivity contribution in [1.82, 2.24) is 25.3 Å². The van der Waals surface area contributed by atoms with Crippen molar-refractivity contribution in [3.8, 4) is 5.82 Å². The lowest BCUT2D eigenvalue weighted by atomic mass is 10.2. The smallest absolute Gasteiger partial charge is 0.358 e. The van der Waals surface area contributed by atoms with Crippen LogP contribution in [-0.2, 0) is 13.0 Å². The minimum absolute atomic E-state index is 0.0138. The fourth-order valence-electron chi connectivity index (χ4n) is 2.87. The van der Waals surface area contributed by atoms with Crippen molar-refractivity contribution < 1.29 is 14.5 Å². The Labute approximate surface area is 135 Å². The van der Waals surface area contributed by atoms with Gasteiger partial charge in [-0.05, 0) is 28.4 Å². The minimum Gasteiger partial charge on any atom is -0.476 e. The summed E-state index contributed by atoms with van der Waals surface area (Å²) in [6.45, 7) is 1.08. The number of carboxylic acids is 1. The predicted molar refractivity (Wildman–Crippen MR) is 81.8 cm³/mol. The van der Waals surface area contributed by atoms with Crippen LogP contribution in [0.1, 0.15) is 21.7 Å². The number of nitrogen functional groups attached to an aromatic ring is 1. The lowest BCUT2D eigenvalue weighted by molar-refractivity contribution is 0.0689. The Bertz CT molecular complexity index is 917. The van der Waals surface area contributed by atoms with E-state index in [0.29, 0.717) is 12.2 Å². The number of aromatic nitrogens is 5. The average molecular weight is 327 g/mol. The number of hydrogen-bond acceptors (Lipinski definition) is 8. The first kappa shape index (κ1) is 14.2. The number of para-hydroxylation sites is 1. The zero-order valence-corrected chi connectivity index (χ0v) is 12.5. The third-order valence-corrected chi connectivity index (χ3v) is 3.99. The minimum atomic E-state index is -1.17. The molecule has 0 bridgehead atoms. The maximum atomic E-state index is 11.5. The largest absolute Gasteiger partial charge is 0.476 e. The number of anilines is 2. The van der Waals surface area contributed by atoms with Crippen LogP contribution in [0.5, 0.6) is 0 Å². The maximum Gasteiger partial charge on any atom is 0.358 e. The highest BCUT2D eigenvalue weighted by Gasteiger charge is 2.27. The molecule has 1 aromatic carbocycles. The molecule has 3 heterocycles. The number of rotatable bonds is 4. The number of nitrogens with zero attached hydrogens (tertiary/aromatic N) is 6. The van der Waals surface area contributed by atoms with Gasteiger partial charge in [-0.1, -0.05) is 23.4 Å². The van der Waals surface area contributed by atoms with E-state index in [1.165, 1.54) is 10.2 Å². The quantitative estimate of drug-likeness (QED) is 0.701. The molecule has 0 aliphatic carbocycles. The number of carbonyl (C=O) groups is 1. The fraction of sp³-hybridized carbons (Fsp3) is 0.214. The number of aromatic carboxylic acids is 1. The molecule has 2 aromatic heterocycles. The topological polar surface area (TPSA) is 136 Å². The van der Waals surface area contributed by atoms with Gasteiger partial charge in [0.1, 0.15) is 5.69 Å². The second-order valence-corrected chi connectivity index (χ2v) is 5.38. The number of fused-ring (bicyclic) bond motifs is 1. The number of hydrogen-bond donors (Lipinski definition) is 2. The molecule has 0 radical (unpaired) electrons. The molecule has 0 atom stereocenters. The van der Waals surface area contributed by atoms with Gasteiger partial charge in [-0.2, -0.15) is 4.68 Å². The molecule has 0 amide bonds. The van der Waals surface area contributed by atoms with Crippen LogP contribution in [-0.4, -0.2) is 42.9 Å². The third-order valence-electron chi connectivity index (χ3n) is 3.99. The molecule has 24 heavy (non-hydrogen) atoms. The molecule has 10 heteroatoms. The molecule has 0 unspecified atom stereocenters. The zero-order chi connectivity index (χ0) is 16.7. The molecule has 0 saturated carbocycles. The van der Waals surface area contributed by atoms with Gasteiger partial charge in [0.05, 0.1) is 6.54 Å². The van der Waals surface area contributed by atoms with Gasteiger partial charge in [0, 0.05) is 12.2 Å². The van der Waals surface area contributed by atoms with E-state index in [4.69, 9.17) is 5.73 Å². The van der Waals surface area contributed by atoms with Crippen LogP contribution in [0.4, 0.5) is 11.5 Å². The van der Waals surface area contributed by atoms with Crippen LogP contribution >= 0.6 is 0 Å². The molecule has 3 N–H and O–H groups in total. The van der Waals surface area contributed by atoms with E-state index in [1.54, 1.807) is 0 Å². The zero-order valence-electron chi connectivity index (χ0n) is 12.5. The Morgan fingerprint density at radius 2 is 2.17 bits per heavy atom. The van der Waals surface area contributed by atoms with E-state index in [1.807, 2.05) is 18.2 Å². The number of nitrogens with two attached hydrogens (primary N) is 1. The van der Waals surface area contributed by atoms with E-state index in [0.717, 1.165) is 18.7 Å². The van der Waals surface area contributed by atoms with Gasteiger partial charge in [-0.25, -0.2) is 9.42 Å². The van der Waals surface area contributed by atoms with Crippen LogP contribution in [0.3, 0.4) is 0 Å². The summed E-state index contributed by atoms with van der Waals surface area (Å²) >= 11 is 0. The molecule has 10 nitrogen and oxygen atoms in total. The summed E-state index contributed by atoms with van der Waals surface area (Å²) in [6.07, 6.45) is 0.897. The Kier molecular flexibility index (Phi) is 3.15. The third kappa shape index (κ3) is 2.16. The van der Waals surface area contributed by atoms with E-state index < -0.39 is 5.97 Å². The molecule has 0 fully saturated rings. The SMILES string of the molecule is Nc1nonc1-n1nnc(C(=O)O)c1CN1CCc2ccccc21. The molecule has 0 spiro atoms. The first-order valence-corrected chi connectivity index (χ1v) is 7.24. The summed E-state index contributed by atoms with van der Waals surface area (Å²) in [7, 11) is 0. The average Bonchev–Trinajstić information content (AvgIpc) is 3.27. The Hall–Kier alpha value is -3.43. The van der Waals surface area contributed by atoms with Crippen LogP contribution in [0.2, 0.25) is 0 Å². The molecule has 122 valence electrons. The van der Waals surface area contributed by atoms with Crippen LogP contribution in [0, 0.1) is 0 Å². The molecule has 3 aromatic rings. The second-order valence-electron chi connectivity index (χ2n) is 5.38. The maximum absolute atomic E-state index is 11.5. The van der Waals surface area contributed by atoms with Gasteiger partial charge in [0.2, 0.25) is 11.6 Å². The van der Waals surface area contributed by atoms with Gasteiger partial charge < -0.3 is 15.7 Å². The molecule has 4 rings (SSSR count). The molecular weight excluding hydrogens is 314 g/mol. The Morgan fingerprint density at radius 1 is 1.33 bits per heavy atom. The van der Waals surface area contributed by atoms with Crippen LogP contribution in [0.15, 0.2) is 28.9 Å². The van der Waals surface area contributed by atoms with E-state index in [2.05, 4.69) is 36.2 Å². The Morgan fingerprint density at radius 3 is 2.92 bits per heavy atom. The highest BCUT2D eigenvalue weighted by Crippen LogP contribution is 2.29. The summed E-state index contributed by atoms with van der Waals surface area (Å²) in [6, 6.07) is 7.99. The van der Waals surface area contributed by atoms with E-state index in [9.17, 15) is 9.90 Å². The summed E-state index contributed by atoms with van der Waals surface area (Å²) in [5.41, 5.74) is 8.19. The van der Waals surface area contributed by atoms with Crippen molar-refractivity contribution in [2.24, 2.45) is 0 Å². The van der Waals surface area contributed by atoms with Crippen molar-refractivity contribution in [1.29, 1.82) is 0 Å². The van der Waals surface area contributed by atoms with Crippen molar-refractivity contribution in [2.45, 2.75) is 13.0 Å². The monoisotopic (exact) mass is 327 g/mol. The van der Waals surface area contributed by atoms with E-state index in [-0.39, 0.29) is 17.3 Å². The van der Waals surface area contributed by atoms with Crippen molar-refractivity contribution in [3.63, 3.8) is 0 Å². The van der Waals surface area contributed by atoms with Gasteiger partial charge in [-0.15, -0.1) is 5.10 Å². The second kappa shape index (κ2) is 5.33. The van der Waals surface area contributed by atoms with Gasteiger partial charge in [0.15, 0.2) is 5.69 Å². The first-order chi connectivity index (χ1) is 11.6. The van der Waals surface area contributed by atoms with Crippen molar-refractivity contribution in [3.05, 3.63) is 41.2 Å². The predicted octanol–water partition coefficient (Wildman–Crippen LogP) is 0.493. The standard InChI is InChI=1S/C14H13N7O3/c15-12-13(18-24-17-12)21-10(11(14(22)23)16-19-21)7-20-6-5-8-3-1-2-4-9(8)20/h1-4H,5-7H2,(H2,15,17)(H,22,23). The van der Waals surface area contributed by atoms with Gasteiger partial charge in [0.25, 0.3) is 0 Å². The van der Waals surface area contributed by atoms with Crippen LogP contribution < -0.4 is 10.6 Å². The summed E-state index contributed by atoms with van der Waals surface area (Å²) in [5, 5.41) is 24.2. The van der Waals surface area contributed by atoms with Crippen molar-refractivity contribution >= 4 is 17.5 Å². The fourth-order valence-corrected chi connectivity index (χ4v) is 2.87. The van der Waals surface area contributed by atoms with Gasteiger partial charge in [-0.3, -0.25) is 0 Å². The number of benzene rings is 1. The van der Waals surface area contributed by atoms with Crippen LogP contribution in [0.25, 0.3) is 5.82 Å². The summed E-state index contributed by atoms with van der Waals surface area (Å²) in [5.74, 6) is -1.03. The number of carboxylic acid groups (broad SMARTS) is 1. The molecular formula is C14H13N7O3. The van der Waals surface area contributed by atoms with E-state index >= 15 is 0 Å². The first-order valence-electron chi connectivity index (χ1n) is 7.24. The lowest BCUT2D eigenvalue weighted by Crippen LogP contribution is -2.23. The van der Waals surface area contributed by atoms with Gasteiger partial charge >= 0.3 is 5.97 Å². The highest BCUT2D eigenvalue weighted by atomic mass is 16.6. The lowest BCUT2D eigenvalue weighted by Gasteiger charge is -2.19. The molecule has 1 aliphatic rings. The Balaban J connectivity index is 1.76. The molecule has 0 saturated heterocycles.